The van der Waals surface area contributed by atoms with Gasteiger partial charge in [0.1, 0.15) is 6.23 Å². The first kappa shape index (κ1) is 21.1. The van der Waals surface area contributed by atoms with Crippen LogP contribution in [0.4, 0.5) is 0 Å². The second kappa shape index (κ2) is 8.70. The molecule has 4 aromatic rings. The zero-order valence-electron chi connectivity index (χ0n) is 18.5. The topological polar surface area (TPSA) is 53.8 Å². The Bertz CT molecular complexity index is 1310. The molecule has 2 aliphatic heterocycles. The molecule has 2 aliphatic rings. The van der Waals surface area contributed by atoms with Crippen LogP contribution < -0.4 is 0 Å². The lowest BCUT2D eigenvalue weighted by Crippen LogP contribution is -2.41. The van der Waals surface area contributed by atoms with Crippen LogP contribution >= 0.6 is 11.6 Å². The van der Waals surface area contributed by atoms with Crippen molar-refractivity contribution in [1.82, 2.24) is 19.4 Å². The fourth-order valence-corrected chi connectivity index (χ4v) is 5.46. The first-order valence-electron chi connectivity index (χ1n) is 11.5. The van der Waals surface area contributed by atoms with E-state index in [-0.39, 0.29) is 0 Å². The quantitative estimate of drug-likeness (QED) is 0.485. The molecule has 0 saturated carbocycles. The number of morpholine rings is 1. The third kappa shape index (κ3) is 3.82. The van der Waals surface area contributed by atoms with E-state index in [1.165, 1.54) is 0 Å². The predicted octanol–water partition coefficient (Wildman–Crippen LogP) is 4.03. The molecule has 2 aromatic carbocycles. The fraction of sp³-hybridized carbons (Fsp3) is 0.346. The highest BCUT2D eigenvalue weighted by Crippen LogP contribution is 2.40. The molecule has 1 N–H and O–H groups in total. The maximum atomic E-state index is 11.4. The van der Waals surface area contributed by atoms with E-state index >= 15 is 0 Å². The number of nitrogens with zero attached hydrogens (tertiary/aromatic N) is 4. The average Bonchev–Trinajstić information content (AvgIpc) is 3.33. The van der Waals surface area contributed by atoms with Gasteiger partial charge in [-0.15, -0.1) is 0 Å². The lowest BCUT2D eigenvalue weighted by molar-refractivity contribution is -0.00577. The minimum Gasteiger partial charge on any atom is -0.379 e. The van der Waals surface area contributed by atoms with Crippen molar-refractivity contribution < 1.29 is 9.84 Å². The third-order valence-electron chi connectivity index (χ3n) is 6.93. The van der Waals surface area contributed by atoms with E-state index < -0.39 is 6.23 Å². The zero-order valence-corrected chi connectivity index (χ0v) is 19.2. The van der Waals surface area contributed by atoms with Crippen LogP contribution in [0, 0.1) is 0 Å². The molecule has 6 rings (SSSR count). The van der Waals surface area contributed by atoms with Gasteiger partial charge in [0.05, 0.1) is 30.6 Å². The van der Waals surface area contributed by atoms with Crippen LogP contribution in [0.2, 0.25) is 5.02 Å². The molecule has 6 nitrogen and oxygen atoms in total. The molecule has 0 amide bonds. The summed E-state index contributed by atoms with van der Waals surface area (Å²) in [5.74, 6) is 0. The average molecular weight is 463 g/mol. The molecule has 0 bridgehead atoms. The van der Waals surface area contributed by atoms with E-state index in [1.54, 1.807) is 0 Å². The van der Waals surface area contributed by atoms with E-state index in [0.29, 0.717) is 13.1 Å². The van der Waals surface area contributed by atoms with E-state index in [4.69, 9.17) is 21.3 Å². The predicted molar refractivity (Wildman–Crippen MR) is 130 cm³/mol. The van der Waals surface area contributed by atoms with E-state index in [2.05, 4.69) is 44.7 Å². The molecule has 1 atom stereocenters. The largest absolute Gasteiger partial charge is 0.379 e. The van der Waals surface area contributed by atoms with E-state index in [9.17, 15) is 5.11 Å². The second-order valence-electron chi connectivity index (χ2n) is 8.91. The number of pyridine rings is 1. The molecule has 0 aliphatic carbocycles. The van der Waals surface area contributed by atoms with Crippen LogP contribution in [0.3, 0.4) is 0 Å². The summed E-state index contributed by atoms with van der Waals surface area (Å²) in [4.78, 5) is 9.35. The minimum absolute atomic E-state index is 0.650. The van der Waals surface area contributed by atoms with Gasteiger partial charge in [0.15, 0.2) is 0 Å². The number of hydrogen-bond donors (Lipinski definition) is 1. The molecular weight excluding hydrogens is 436 g/mol. The molecule has 4 heterocycles. The Morgan fingerprint density at radius 3 is 2.73 bits per heavy atom. The van der Waals surface area contributed by atoms with Crippen molar-refractivity contribution in [3.8, 4) is 0 Å². The number of aliphatic hydroxyl groups is 1. The van der Waals surface area contributed by atoms with Crippen LogP contribution in [0.5, 0.6) is 0 Å². The fourth-order valence-electron chi connectivity index (χ4n) is 5.24. The SMILES string of the molecule is OC1c2c(ncc3c2c2ccccc2n3Cc2cccc(Cl)c2)CN1CCN1CCOCC1. The highest BCUT2D eigenvalue weighted by atomic mass is 35.5. The number of aromatic nitrogens is 2. The highest BCUT2D eigenvalue weighted by Gasteiger charge is 2.33. The maximum absolute atomic E-state index is 11.4. The number of ether oxygens (including phenoxy) is 1. The van der Waals surface area contributed by atoms with Gasteiger partial charge in [0, 0.05) is 66.1 Å². The van der Waals surface area contributed by atoms with Crippen molar-refractivity contribution in [2.45, 2.75) is 19.3 Å². The Morgan fingerprint density at radius 2 is 1.88 bits per heavy atom. The summed E-state index contributed by atoms with van der Waals surface area (Å²) >= 11 is 6.25. The van der Waals surface area contributed by atoms with Gasteiger partial charge < -0.3 is 14.4 Å². The Hall–Kier alpha value is -2.48. The number of hydrogen-bond acceptors (Lipinski definition) is 5. The van der Waals surface area contributed by atoms with Crippen molar-refractivity contribution in [3.05, 3.63) is 76.6 Å². The summed E-state index contributed by atoms with van der Waals surface area (Å²) < 4.78 is 7.74. The highest BCUT2D eigenvalue weighted by molar-refractivity contribution is 6.30. The summed E-state index contributed by atoms with van der Waals surface area (Å²) in [5, 5.41) is 14.4. The number of benzene rings is 2. The summed E-state index contributed by atoms with van der Waals surface area (Å²) in [6.45, 7) is 6.58. The van der Waals surface area contributed by atoms with Crippen molar-refractivity contribution in [1.29, 1.82) is 0 Å². The maximum Gasteiger partial charge on any atom is 0.136 e. The number of fused-ring (bicyclic) bond motifs is 5. The molecule has 1 saturated heterocycles. The molecule has 7 heteroatoms. The van der Waals surface area contributed by atoms with Crippen LogP contribution in [0.25, 0.3) is 21.8 Å². The van der Waals surface area contributed by atoms with Crippen molar-refractivity contribution >= 4 is 33.4 Å². The normalized spacial score (nSPS) is 19.5. The van der Waals surface area contributed by atoms with Crippen LogP contribution in [-0.4, -0.2) is 63.9 Å². The first-order valence-corrected chi connectivity index (χ1v) is 11.9. The minimum atomic E-state index is -0.650. The number of halogens is 1. The molecular formula is C26H27ClN4O2. The Kier molecular flexibility index (Phi) is 5.56. The summed E-state index contributed by atoms with van der Waals surface area (Å²) in [5.41, 5.74) is 5.25. The molecule has 170 valence electrons. The van der Waals surface area contributed by atoms with Crippen LogP contribution in [-0.2, 0) is 17.8 Å². The Labute approximate surface area is 197 Å². The van der Waals surface area contributed by atoms with Crippen LogP contribution in [0.15, 0.2) is 54.7 Å². The lowest BCUT2D eigenvalue weighted by atomic mass is 10.1. The molecule has 2 aromatic heterocycles. The van der Waals surface area contributed by atoms with Gasteiger partial charge in [-0.2, -0.15) is 0 Å². The third-order valence-corrected chi connectivity index (χ3v) is 7.16. The van der Waals surface area contributed by atoms with Crippen molar-refractivity contribution in [3.63, 3.8) is 0 Å². The molecule has 0 spiro atoms. The second-order valence-corrected chi connectivity index (χ2v) is 9.35. The summed E-state index contributed by atoms with van der Waals surface area (Å²) in [6, 6.07) is 16.4. The molecule has 1 unspecified atom stereocenters. The van der Waals surface area contributed by atoms with Crippen molar-refractivity contribution in [2.24, 2.45) is 0 Å². The number of para-hydroxylation sites is 1. The van der Waals surface area contributed by atoms with Crippen molar-refractivity contribution in [2.75, 3.05) is 39.4 Å². The summed E-state index contributed by atoms with van der Waals surface area (Å²) in [6.07, 6.45) is 1.32. The monoisotopic (exact) mass is 462 g/mol. The zero-order chi connectivity index (χ0) is 22.4. The Balaban J connectivity index is 1.38. The number of aliphatic hydroxyl groups excluding tert-OH is 1. The molecule has 33 heavy (non-hydrogen) atoms. The Morgan fingerprint density at radius 1 is 1.03 bits per heavy atom. The van der Waals surface area contributed by atoms with Gasteiger partial charge in [0.2, 0.25) is 0 Å². The van der Waals surface area contributed by atoms with Gasteiger partial charge in [0.25, 0.3) is 0 Å². The first-order chi connectivity index (χ1) is 16.2. The molecule has 0 radical (unpaired) electrons. The summed E-state index contributed by atoms with van der Waals surface area (Å²) in [7, 11) is 0. The van der Waals surface area contributed by atoms with Gasteiger partial charge in [-0.1, -0.05) is 41.9 Å². The van der Waals surface area contributed by atoms with Gasteiger partial charge >= 0.3 is 0 Å². The smallest absolute Gasteiger partial charge is 0.136 e. The number of rotatable bonds is 5. The van der Waals surface area contributed by atoms with Gasteiger partial charge in [-0.3, -0.25) is 14.8 Å². The lowest BCUT2D eigenvalue weighted by Gasteiger charge is -2.29. The standard InChI is InChI=1S/C26H27ClN4O2/c27-19-5-3-4-18(14-19)16-31-22-7-2-1-6-20(22)24-23(31)15-28-21-17-30(26(32)25(21)24)9-8-29-10-12-33-13-11-29/h1-7,14-15,26,32H,8-13,16-17H2. The van der Waals surface area contributed by atoms with E-state index in [1.807, 2.05) is 24.4 Å². The van der Waals surface area contributed by atoms with Gasteiger partial charge in [-0.25, -0.2) is 0 Å². The van der Waals surface area contributed by atoms with Gasteiger partial charge in [-0.05, 0) is 23.8 Å². The molecule has 1 fully saturated rings. The van der Waals surface area contributed by atoms with E-state index in [0.717, 1.165) is 83.0 Å². The van der Waals surface area contributed by atoms with Crippen LogP contribution in [0.1, 0.15) is 23.0 Å².